The third-order valence-corrected chi connectivity index (χ3v) is 2.43. The topological polar surface area (TPSA) is 88.0 Å². The predicted molar refractivity (Wildman–Crippen MR) is 61.2 cm³/mol. The van der Waals surface area contributed by atoms with Crippen molar-refractivity contribution in [3.8, 4) is 11.3 Å². The molecule has 0 aliphatic heterocycles. The fourth-order valence-corrected chi connectivity index (χ4v) is 1.69. The molecule has 0 saturated carbocycles. The van der Waals surface area contributed by atoms with Crippen molar-refractivity contribution in [1.82, 2.24) is 19.6 Å². The fourth-order valence-electron chi connectivity index (χ4n) is 1.69. The van der Waals surface area contributed by atoms with Crippen molar-refractivity contribution < 1.29 is 9.53 Å². The van der Waals surface area contributed by atoms with Gasteiger partial charge in [-0.3, -0.25) is 9.36 Å². The van der Waals surface area contributed by atoms with Gasteiger partial charge < -0.3 is 10.5 Å². The Hall–Kier alpha value is -2.31. The number of esters is 1. The molecule has 0 atom stereocenters. The van der Waals surface area contributed by atoms with Crippen LogP contribution in [-0.4, -0.2) is 32.6 Å². The van der Waals surface area contributed by atoms with Gasteiger partial charge in [-0.2, -0.15) is 10.2 Å². The van der Waals surface area contributed by atoms with Crippen molar-refractivity contribution in [2.75, 3.05) is 12.8 Å². The highest BCUT2D eigenvalue weighted by Gasteiger charge is 2.21. The van der Waals surface area contributed by atoms with E-state index in [1.807, 2.05) is 0 Å². The monoisotopic (exact) mass is 235 g/mol. The molecule has 17 heavy (non-hydrogen) atoms. The van der Waals surface area contributed by atoms with Crippen LogP contribution in [0, 0.1) is 0 Å². The van der Waals surface area contributed by atoms with Gasteiger partial charge in [0.1, 0.15) is 0 Å². The molecule has 0 aromatic carbocycles. The van der Waals surface area contributed by atoms with Gasteiger partial charge in [-0.05, 0) is 0 Å². The summed E-state index contributed by atoms with van der Waals surface area (Å²) in [6, 6.07) is 0. The second-order valence-corrected chi connectivity index (χ2v) is 3.63. The summed E-state index contributed by atoms with van der Waals surface area (Å²) in [6.07, 6.45) is 3.24. The summed E-state index contributed by atoms with van der Waals surface area (Å²) in [4.78, 5) is 11.6. The number of rotatable bonds is 2. The second-order valence-electron chi connectivity index (χ2n) is 3.63. The number of methoxy groups -OCH3 is 1. The second kappa shape index (κ2) is 3.93. The van der Waals surface area contributed by atoms with E-state index in [0.717, 1.165) is 0 Å². The predicted octanol–water partition coefficient (Wildman–Crippen LogP) is 0.189. The summed E-state index contributed by atoms with van der Waals surface area (Å²) in [5.41, 5.74) is 7.80. The maximum atomic E-state index is 11.6. The number of carbonyl (C=O) groups is 1. The number of carbonyl (C=O) groups excluding carboxylic acids is 1. The summed E-state index contributed by atoms with van der Waals surface area (Å²) in [7, 11) is 4.79. The van der Waals surface area contributed by atoms with E-state index in [2.05, 4.69) is 14.9 Å². The lowest BCUT2D eigenvalue weighted by atomic mass is 10.1. The zero-order chi connectivity index (χ0) is 12.6. The summed E-state index contributed by atoms with van der Waals surface area (Å²) in [6.45, 7) is 0. The summed E-state index contributed by atoms with van der Waals surface area (Å²) >= 11 is 0. The van der Waals surface area contributed by atoms with Crippen molar-refractivity contribution in [3.63, 3.8) is 0 Å². The van der Waals surface area contributed by atoms with Gasteiger partial charge in [0.05, 0.1) is 30.3 Å². The molecule has 2 N–H and O–H groups in total. The first-order chi connectivity index (χ1) is 8.04. The molecule has 0 bridgehead atoms. The lowest BCUT2D eigenvalue weighted by Crippen LogP contribution is -2.06. The quantitative estimate of drug-likeness (QED) is 0.751. The van der Waals surface area contributed by atoms with Crippen LogP contribution < -0.4 is 5.73 Å². The van der Waals surface area contributed by atoms with Crippen LogP contribution in [0.1, 0.15) is 10.5 Å². The van der Waals surface area contributed by atoms with Crippen LogP contribution >= 0.6 is 0 Å². The van der Waals surface area contributed by atoms with Gasteiger partial charge in [0.15, 0.2) is 5.69 Å². The van der Waals surface area contributed by atoms with Crippen LogP contribution in [0.4, 0.5) is 5.69 Å². The summed E-state index contributed by atoms with van der Waals surface area (Å²) < 4.78 is 7.81. The Balaban J connectivity index is 2.63. The minimum atomic E-state index is -0.499. The van der Waals surface area contributed by atoms with Crippen molar-refractivity contribution in [2.24, 2.45) is 14.1 Å². The Morgan fingerprint density at radius 3 is 2.71 bits per heavy atom. The van der Waals surface area contributed by atoms with Crippen LogP contribution in [0.15, 0.2) is 12.4 Å². The Labute approximate surface area is 97.8 Å². The molecule has 7 heteroatoms. The molecule has 0 unspecified atom stereocenters. The summed E-state index contributed by atoms with van der Waals surface area (Å²) in [5.74, 6) is -0.499. The average molecular weight is 235 g/mol. The normalized spacial score (nSPS) is 10.5. The third-order valence-electron chi connectivity index (χ3n) is 2.43. The number of ether oxygens (including phenoxy) is 1. The molecular weight excluding hydrogens is 222 g/mol. The van der Waals surface area contributed by atoms with Gasteiger partial charge in [0.25, 0.3) is 0 Å². The van der Waals surface area contributed by atoms with E-state index in [4.69, 9.17) is 5.73 Å². The molecular formula is C10H13N5O2. The summed E-state index contributed by atoms with van der Waals surface area (Å²) in [5, 5.41) is 8.10. The number of aryl methyl sites for hydroxylation is 2. The maximum absolute atomic E-state index is 11.6. The Morgan fingerprint density at radius 2 is 2.18 bits per heavy atom. The van der Waals surface area contributed by atoms with Crippen LogP contribution in [0.2, 0.25) is 0 Å². The average Bonchev–Trinajstić information content (AvgIpc) is 2.81. The molecule has 0 fully saturated rings. The van der Waals surface area contributed by atoms with E-state index in [9.17, 15) is 4.79 Å². The van der Waals surface area contributed by atoms with Gasteiger partial charge >= 0.3 is 5.97 Å². The standard InChI is InChI=1S/C10H13N5O2/c1-14-5-6(8(13-14)10(16)17-3)9-7(11)4-12-15(9)2/h4-5H,11H2,1-3H3. The van der Waals surface area contributed by atoms with Crippen LogP contribution in [0.5, 0.6) is 0 Å². The first-order valence-corrected chi connectivity index (χ1v) is 4.94. The zero-order valence-electron chi connectivity index (χ0n) is 9.84. The molecule has 2 heterocycles. The van der Waals surface area contributed by atoms with E-state index in [1.54, 1.807) is 25.0 Å². The van der Waals surface area contributed by atoms with Gasteiger partial charge in [0.2, 0.25) is 0 Å². The van der Waals surface area contributed by atoms with Crippen molar-refractivity contribution in [3.05, 3.63) is 18.1 Å². The number of anilines is 1. The minimum absolute atomic E-state index is 0.227. The molecule has 0 aliphatic carbocycles. The van der Waals surface area contributed by atoms with Crippen LogP contribution in [0.3, 0.4) is 0 Å². The van der Waals surface area contributed by atoms with E-state index in [0.29, 0.717) is 16.9 Å². The molecule has 2 rings (SSSR count). The number of nitrogens with two attached hydrogens (primary N) is 1. The van der Waals surface area contributed by atoms with Crippen molar-refractivity contribution in [2.45, 2.75) is 0 Å². The lowest BCUT2D eigenvalue weighted by molar-refractivity contribution is 0.0594. The van der Waals surface area contributed by atoms with E-state index >= 15 is 0 Å². The number of nitrogens with zero attached hydrogens (tertiary/aromatic N) is 4. The molecule has 0 spiro atoms. The zero-order valence-corrected chi connectivity index (χ0v) is 9.84. The number of hydrogen-bond donors (Lipinski definition) is 1. The minimum Gasteiger partial charge on any atom is -0.464 e. The molecule has 0 aliphatic rings. The molecule has 2 aromatic rings. The number of aromatic nitrogens is 4. The maximum Gasteiger partial charge on any atom is 0.359 e. The van der Waals surface area contributed by atoms with Crippen molar-refractivity contribution in [1.29, 1.82) is 0 Å². The Morgan fingerprint density at radius 1 is 1.47 bits per heavy atom. The highest BCUT2D eigenvalue weighted by molar-refractivity contribution is 5.96. The van der Waals surface area contributed by atoms with E-state index in [-0.39, 0.29) is 5.69 Å². The van der Waals surface area contributed by atoms with Gasteiger partial charge in [-0.25, -0.2) is 4.79 Å². The largest absolute Gasteiger partial charge is 0.464 e. The van der Waals surface area contributed by atoms with Gasteiger partial charge in [-0.1, -0.05) is 0 Å². The highest BCUT2D eigenvalue weighted by Crippen LogP contribution is 2.27. The Bertz CT molecular complexity index is 550. The van der Waals surface area contributed by atoms with E-state index < -0.39 is 5.97 Å². The first kappa shape index (κ1) is 11.2. The van der Waals surface area contributed by atoms with Crippen LogP contribution in [0.25, 0.3) is 11.3 Å². The number of hydrogen-bond acceptors (Lipinski definition) is 5. The van der Waals surface area contributed by atoms with Crippen LogP contribution in [-0.2, 0) is 18.8 Å². The molecule has 0 saturated heterocycles. The van der Waals surface area contributed by atoms with E-state index in [1.165, 1.54) is 18.0 Å². The molecule has 0 amide bonds. The lowest BCUT2D eigenvalue weighted by Gasteiger charge is -2.02. The molecule has 90 valence electrons. The smallest absolute Gasteiger partial charge is 0.359 e. The SMILES string of the molecule is COC(=O)c1nn(C)cc1-c1c(N)cnn1C. The number of nitrogen functional groups attached to an aromatic ring is 1. The third kappa shape index (κ3) is 1.75. The van der Waals surface area contributed by atoms with Crippen molar-refractivity contribution >= 4 is 11.7 Å². The van der Waals surface area contributed by atoms with Gasteiger partial charge in [0, 0.05) is 20.3 Å². The first-order valence-electron chi connectivity index (χ1n) is 4.94. The molecule has 0 radical (unpaired) electrons. The molecule has 7 nitrogen and oxygen atoms in total. The molecule has 2 aromatic heterocycles. The van der Waals surface area contributed by atoms with Gasteiger partial charge in [-0.15, -0.1) is 0 Å². The fraction of sp³-hybridized carbons (Fsp3) is 0.300. The highest BCUT2D eigenvalue weighted by atomic mass is 16.5. The Kier molecular flexibility index (Phi) is 2.58.